The molecule has 0 unspecified atom stereocenters. The molecule has 1 aliphatic rings. The summed E-state index contributed by atoms with van der Waals surface area (Å²) in [6.45, 7) is 8.17. The number of rotatable bonds is 10. The fourth-order valence-corrected chi connectivity index (χ4v) is 8.48. The van der Waals surface area contributed by atoms with Crippen LogP contribution in [-0.4, -0.2) is 74.0 Å². The monoisotopic (exact) mass is 588 g/mol. The molecule has 1 aliphatic heterocycles. The van der Waals surface area contributed by atoms with Gasteiger partial charge in [0.05, 0.1) is 10.2 Å². The van der Waals surface area contributed by atoms with Crippen LogP contribution < -0.4 is 4.90 Å². The number of thiazole rings is 1. The normalized spacial score (nSPS) is 15.3. The minimum atomic E-state index is -3.48. The van der Waals surface area contributed by atoms with Crippen molar-refractivity contribution in [2.75, 3.05) is 50.4 Å². The van der Waals surface area contributed by atoms with E-state index >= 15 is 0 Å². The first kappa shape index (κ1) is 29.3. The third-order valence-corrected chi connectivity index (χ3v) is 11.5. The molecule has 36 heavy (non-hydrogen) atoms. The average Bonchev–Trinajstić information content (AvgIpc) is 3.57. The first-order valence-corrected chi connectivity index (χ1v) is 16.3. The minimum Gasteiger partial charge on any atom is -0.302 e. The number of thioether (sulfide) groups is 1. The van der Waals surface area contributed by atoms with Crippen molar-refractivity contribution in [3.05, 3.63) is 35.7 Å². The van der Waals surface area contributed by atoms with Gasteiger partial charge in [0.1, 0.15) is 4.21 Å². The van der Waals surface area contributed by atoms with Gasteiger partial charge in [-0.3, -0.25) is 9.69 Å². The molecule has 0 radical (unpaired) electrons. The molecule has 0 spiro atoms. The smallest absolute Gasteiger partial charge is 0.252 e. The fourth-order valence-electron chi connectivity index (χ4n) is 4.32. The second-order valence-electron chi connectivity index (χ2n) is 8.46. The number of thiophene rings is 1. The first-order chi connectivity index (χ1) is 16.9. The van der Waals surface area contributed by atoms with Crippen molar-refractivity contribution in [3.8, 4) is 0 Å². The molecule has 0 aliphatic carbocycles. The second-order valence-corrected chi connectivity index (χ2v) is 13.5. The lowest BCUT2D eigenvalue weighted by molar-refractivity contribution is -0.123. The van der Waals surface area contributed by atoms with E-state index in [1.54, 1.807) is 40.6 Å². The van der Waals surface area contributed by atoms with Crippen LogP contribution in [-0.2, 0) is 14.8 Å². The van der Waals surface area contributed by atoms with E-state index in [9.17, 15) is 13.2 Å². The Labute approximate surface area is 232 Å². The van der Waals surface area contributed by atoms with Gasteiger partial charge in [0.25, 0.3) is 10.0 Å². The number of anilines is 1. The summed E-state index contributed by atoms with van der Waals surface area (Å²) in [5.74, 6) is -0.162. The van der Waals surface area contributed by atoms with Crippen molar-refractivity contribution in [3.63, 3.8) is 0 Å². The molecule has 1 amide bonds. The summed E-state index contributed by atoms with van der Waals surface area (Å²) in [6.07, 6.45) is 3.09. The lowest BCUT2D eigenvalue weighted by atomic mass is 9.96. The molecule has 0 saturated carbocycles. The number of nitrogens with zero attached hydrogens (tertiary/aromatic N) is 4. The van der Waals surface area contributed by atoms with Gasteiger partial charge >= 0.3 is 0 Å². The number of hydrogen-bond acceptors (Lipinski definition) is 8. The summed E-state index contributed by atoms with van der Waals surface area (Å²) in [5.41, 5.74) is 0.903. The van der Waals surface area contributed by atoms with Crippen LogP contribution >= 0.6 is 46.8 Å². The van der Waals surface area contributed by atoms with Gasteiger partial charge in [-0.2, -0.15) is 4.31 Å². The van der Waals surface area contributed by atoms with Crippen molar-refractivity contribution >= 4 is 78.1 Å². The highest BCUT2D eigenvalue weighted by Gasteiger charge is 2.35. The zero-order chi connectivity index (χ0) is 25.0. The number of benzene rings is 1. The van der Waals surface area contributed by atoms with Crippen LogP contribution in [0, 0.1) is 5.92 Å². The Hall–Kier alpha value is -1.21. The van der Waals surface area contributed by atoms with Crippen molar-refractivity contribution in [1.29, 1.82) is 0 Å². The summed E-state index contributed by atoms with van der Waals surface area (Å²) in [7, 11) is -3.48. The van der Waals surface area contributed by atoms with Gasteiger partial charge in [-0.15, -0.1) is 35.5 Å². The van der Waals surface area contributed by atoms with Gasteiger partial charge in [0.2, 0.25) is 5.91 Å². The summed E-state index contributed by atoms with van der Waals surface area (Å²) in [6, 6.07) is 9.59. The second kappa shape index (κ2) is 13.0. The van der Waals surface area contributed by atoms with Gasteiger partial charge in [-0.1, -0.05) is 31.3 Å². The van der Waals surface area contributed by atoms with Crippen LogP contribution in [0.1, 0.15) is 26.7 Å². The number of carbonyl (C=O) groups is 1. The Morgan fingerprint density at radius 1 is 1.17 bits per heavy atom. The van der Waals surface area contributed by atoms with E-state index in [1.807, 2.05) is 17.2 Å². The van der Waals surface area contributed by atoms with Crippen LogP contribution in [0.25, 0.3) is 10.2 Å². The highest BCUT2D eigenvalue weighted by Crippen LogP contribution is 2.34. The van der Waals surface area contributed by atoms with E-state index in [0.717, 1.165) is 35.0 Å². The van der Waals surface area contributed by atoms with Crippen LogP contribution in [0.2, 0.25) is 0 Å². The molecule has 7 nitrogen and oxygen atoms in total. The number of amides is 1. The first-order valence-electron chi connectivity index (χ1n) is 11.9. The lowest BCUT2D eigenvalue weighted by Crippen LogP contribution is -2.46. The molecular formula is C24H33ClN4O3S4. The predicted molar refractivity (Wildman–Crippen MR) is 155 cm³/mol. The molecule has 198 valence electrons. The van der Waals surface area contributed by atoms with E-state index in [-0.39, 0.29) is 24.2 Å². The summed E-state index contributed by atoms with van der Waals surface area (Å²) < 4.78 is 28.8. The number of sulfonamides is 1. The van der Waals surface area contributed by atoms with Crippen molar-refractivity contribution in [2.45, 2.75) is 35.8 Å². The Bertz CT molecular complexity index is 1240. The van der Waals surface area contributed by atoms with Crippen molar-refractivity contribution in [2.24, 2.45) is 5.92 Å². The number of carbonyl (C=O) groups excluding carboxylic acids is 1. The standard InChI is InChI=1S/C24H32N4O3S4.ClH/c1-4-26(5-2)14-15-28(24-25-20-9-8-19(32-3)17-21(20)34-24)23(29)18-10-12-27(13-11-18)35(30,31)22-7-6-16-33-22;/h6-9,16-18H,4-5,10-15H2,1-3H3;1H. The summed E-state index contributed by atoms with van der Waals surface area (Å²) in [5, 5.41) is 2.50. The Morgan fingerprint density at radius 3 is 2.50 bits per heavy atom. The van der Waals surface area contributed by atoms with Crippen LogP contribution in [0.5, 0.6) is 0 Å². The number of fused-ring (bicyclic) bond motifs is 1. The Balaban J connectivity index is 0.00000361. The predicted octanol–water partition coefficient (Wildman–Crippen LogP) is 5.28. The van der Waals surface area contributed by atoms with E-state index < -0.39 is 10.0 Å². The van der Waals surface area contributed by atoms with Gasteiger partial charge in [-0.25, -0.2) is 13.4 Å². The number of aromatic nitrogens is 1. The lowest BCUT2D eigenvalue weighted by Gasteiger charge is -2.33. The molecule has 1 saturated heterocycles. The molecule has 0 N–H and O–H groups in total. The topological polar surface area (TPSA) is 73.8 Å². The van der Waals surface area contributed by atoms with Crippen molar-refractivity contribution in [1.82, 2.24) is 14.2 Å². The van der Waals surface area contributed by atoms with Crippen LogP contribution in [0.15, 0.2) is 44.8 Å². The number of halogens is 1. The van der Waals surface area contributed by atoms with E-state index in [0.29, 0.717) is 36.7 Å². The third-order valence-electron chi connectivity index (χ3n) is 6.51. The molecule has 0 atom stereocenters. The highest BCUT2D eigenvalue weighted by atomic mass is 35.5. The highest BCUT2D eigenvalue weighted by molar-refractivity contribution is 7.98. The van der Waals surface area contributed by atoms with Gasteiger partial charge in [0, 0.05) is 37.0 Å². The SMILES string of the molecule is CCN(CC)CCN(C(=O)C1CCN(S(=O)(=O)c2cccs2)CC1)c1nc2ccc(SC)cc2s1.Cl. The number of likely N-dealkylation sites (N-methyl/N-ethyl adjacent to an activating group) is 1. The van der Waals surface area contributed by atoms with E-state index in [1.165, 1.54) is 20.5 Å². The van der Waals surface area contributed by atoms with Crippen LogP contribution in [0.3, 0.4) is 0 Å². The van der Waals surface area contributed by atoms with Gasteiger partial charge < -0.3 is 4.90 Å². The Morgan fingerprint density at radius 2 is 1.89 bits per heavy atom. The van der Waals surface area contributed by atoms with E-state index in [4.69, 9.17) is 4.98 Å². The van der Waals surface area contributed by atoms with Gasteiger partial charge in [0.15, 0.2) is 5.13 Å². The quantitative estimate of drug-likeness (QED) is 0.300. The molecule has 3 heterocycles. The maximum absolute atomic E-state index is 13.8. The number of hydrogen-bond donors (Lipinski definition) is 0. The molecule has 12 heteroatoms. The molecule has 0 bridgehead atoms. The van der Waals surface area contributed by atoms with Gasteiger partial charge in [-0.05, 0) is 61.8 Å². The number of piperidine rings is 1. The van der Waals surface area contributed by atoms with Crippen LogP contribution in [0.4, 0.5) is 5.13 Å². The third kappa shape index (κ3) is 6.43. The van der Waals surface area contributed by atoms with Crippen molar-refractivity contribution < 1.29 is 13.2 Å². The molecule has 2 aromatic heterocycles. The minimum absolute atomic E-state index is 0. The molecule has 1 aromatic carbocycles. The zero-order valence-corrected chi connectivity index (χ0v) is 24.8. The molecule has 4 rings (SSSR count). The molecule has 3 aromatic rings. The zero-order valence-electron chi connectivity index (χ0n) is 20.8. The van der Waals surface area contributed by atoms with E-state index in [2.05, 4.69) is 30.9 Å². The fraction of sp³-hybridized carbons (Fsp3) is 0.500. The summed E-state index contributed by atoms with van der Waals surface area (Å²) in [4.78, 5) is 23.9. The molecular weight excluding hydrogens is 556 g/mol. The maximum Gasteiger partial charge on any atom is 0.252 e. The molecule has 1 fully saturated rings. The largest absolute Gasteiger partial charge is 0.302 e. The average molecular weight is 589 g/mol. The summed E-state index contributed by atoms with van der Waals surface area (Å²) >= 11 is 4.48. The maximum atomic E-state index is 13.8. The Kier molecular flexibility index (Phi) is 10.6.